The molecule has 3 heterocycles. The summed E-state index contributed by atoms with van der Waals surface area (Å²) in [7, 11) is 1.52. The number of aromatic hydroxyl groups is 1. The van der Waals surface area contributed by atoms with Crippen LogP contribution in [0.2, 0.25) is 0 Å². The third-order valence-corrected chi connectivity index (χ3v) is 3.89. The Morgan fingerprint density at radius 1 is 1.32 bits per heavy atom. The Kier molecular flexibility index (Phi) is 3.74. The van der Waals surface area contributed by atoms with Crippen molar-refractivity contribution < 1.29 is 14.3 Å². The number of methoxy groups -OCH3 is 1. The Labute approximate surface area is 143 Å². The van der Waals surface area contributed by atoms with Crippen LogP contribution in [-0.4, -0.2) is 26.6 Å². The fourth-order valence-corrected chi connectivity index (χ4v) is 2.69. The molecule has 2 N–H and O–H groups in total. The zero-order chi connectivity index (χ0) is 17.2. The first kappa shape index (κ1) is 15.1. The summed E-state index contributed by atoms with van der Waals surface area (Å²) in [5.74, 6) is 2.10. The number of hydrogen-bond acceptors (Lipinski definition) is 6. The fraction of sp³-hybridized carbons (Fsp3) is 0.111. The summed E-state index contributed by atoms with van der Waals surface area (Å²) in [5, 5.41) is 13.2. The number of fused-ring (bicyclic) bond motifs is 1. The number of phenolic OH excluding ortho intramolecular Hbond substituents is 1. The fourth-order valence-electron chi connectivity index (χ4n) is 2.69. The van der Waals surface area contributed by atoms with Gasteiger partial charge in [-0.15, -0.1) is 0 Å². The number of hydrogen-bond donors (Lipinski definition) is 2. The van der Waals surface area contributed by atoms with Crippen molar-refractivity contribution >= 4 is 11.5 Å². The van der Waals surface area contributed by atoms with Crippen LogP contribution in [-0.2, 0) is 6.54 Å². The molecule has 0 aliphatic rings. The molecule has 3 aromatic heterocycles. The largest absolute Gasteiger partial charge is 0.504 e. The van der Waals surface area contributed by atoms with Crippen LogP contribution in [0.3, 0.4) is 0 Å². The maximum Gasteiger partial charge on any atom is 0.161 e. The Morgan fingerprint density at radius 2 is 2.24 bits per heavy atom. The second-order valence-electron chi connectivity index (χ2n) is 5.43. The molecule has 7 nitrogen and oxygen atoms in total. The smallest absolute Gasteiger partial charge is 0.161 e. The van der Waals surface area contributed by atoms with E-state index in [0.29, 0.717) is 17.9 Å². The van der Waals surface area contributed by atoms with Crippen LogP contribution in [0.4, 0.5) is 5.82 Å². The minimum Gasteiger partial charge on any atom is -0.504 e. The quantitative estimate of drug-likeness (QED) is 0.581. The van der Waals surface area contributed by atoms with E-state index < -0.39 is 0 Å². The first-order valence-corrected chi connectivity index (χ1v) is 7.72. The van der Waals surface area contributed by atoms with Crippen LogP contribution in [0.5, 0.6) is 11.5 Å². The van der Waals surface area contributed by atoms with Crippen molar-refractivity contribution in [2.24, 2.45) is 0 Å². The van der Waals surface area contributed by atoms with Crippen molar-refractivity contribution in [2.75, 3.05) is 12.4 Å². The first-order valence-electron chi connectivity index (χ1n) is 7.72. The van der Waals surface area contributed by atoms with Gasteiger partial charge in [0.05, 0.1) is 26.1 Å². The second kappa shape index (κ2) is 6.20. The minimum absolute atomic E-state index is 0.0850. The summed E-state index contributed by atoms with van der Waals surface area (Å²) in [6.07, 6.45) is 6.88. The SMILES string of the molecule is COc1cc(-c2nc3cnccn3c2NCc2ccco2)ccc1O. The first-order chi connectivity index (χ1) is 12.3. The van der Waals surface area contributed by atoms with E-state index in [9.17, 15) is 5.11 Å². The van der Waals surface area contributed by atoms with Gasteiger partial charge in [0.1, 0.15) is 17.3 Å². The molecule has 0 atom stereocenters. The summed E-state index contributed by atoms with van der Waals surface area (Å²) < 4.78 is 12.5. The Balaban J connectivity index is 1.81. The summed E-state index contributed by atoms with van der Waals surface area (Å²) >= 11 is 0. The van der Waals surface area contributed by atoms with Crippen LogP contribution in [0.25, 0.3) is 16.9 Å². The minimum atomic E-state index is 0.0850. The molecule has 0 bridgehead atoms. The van der Waals surface area contributed by atoms with Gasteiger partial charge in [-0.05, 0) is 30.3 Å². The topological polar surface area (TPSA) is 84.8 Å². The lowest BCUT2D eigenvalue weighted by Crippen LogP contribution is -2.02. The van der Waals surface area contributed by atoms with Crippen LogP contribution in [0, 0.1) is 0 Å². The van der Waals surface area contributed by atoms with Crippen LogP contribution >= 0.6 is 0 Å². The van der Waals surface area contributed by atoms with Gasteiger partial charge in [0.25, 0.3) is 0 Å². The molecule has 0 spiro atoms. The Bertz CT molecular complexity index is 1010. The highest BCUT2D eigenvalue weighted by molar-refractivity contribution is 5.77. The number of nitrogens with zero attached hydrogens (tertiary/aromatic N) is 3. The molecule has 0 unspecified atom stereocenters. The standard InChI is InChI=1S/C18H16N4O3/c1-24-15-9-12(4-5-14(15)23)17-18(20-10-13-3-2-8-25-13)22-7-6-19-11-16(22)21-17/h2-9,11,20,23H,10H2,1H3. The van der Waals surface area contributed by atoms with Crippen LogP contribution in [0.1, 0.15) is 5.76 Å². The van der Waals surface area contributed by atoms with Crippen molar-refractivity contribution in [2.45, 2.75) is 6.54 Å². The molecule has 4 aromatic rings. The molecule has 4 rings (SSSR count). The third-order valence-electron chi connectivity index (χ3n) is 3.89. The van der Waals surface area contributed by atoms with Gasteiger partial charge in [-0.1, -0.05) is 0 Å². The highest BCUT2D eigenvalue weighted by atomic mass is 16.5. The Morgan fingerprint density at radius 3 is 3.04 bits per heavy atom. The number of rotatable bonds is 5. The lowest BCUT2D eigenvalue weighted by Gasteiger charge is -2.09. The lowest BCUT2D eigenvalue weighted by atomic mass is 10.1. The number of benzene rings is 1. The van der Waals surface area contributed by atoms with Crippen LogP contribution < -0.4 is 10.1 Å². The molecule has 0 radical (unpaired) electrons. The highest BCUT2D eigenvalue weighted by Crippen LogP contribution is 2.35. The number of nitrogens with one attached hydrogen (secondary N) is 1. The number of anilines is 1. The van der Waals surface area contributed by atoms with E-state index in [4.69, 9.17) is 9.15 Å². The molecule has 0 aliphatic carbocycles. The molecule has 0 saturated carbocycles. The van der Waals surface area contributed by atoms with Crippen molar-refractivity contribution in [3.05, 3.63) is 60.9 Å². The zero-order valence-electron chi connectivity index (χ0n) is 13.5. The van der Waals surface area contributed by atoms with Gasteiger partial charge in [-0.2, -0.15) is 0 Å². The van der Waals surface area contributed by atoms with E-state index in [-0.39, 0.29) is 5.75 Å². The monoisotopic (exact) mass is 336 g/mol. The molecule has 25 heavy (non-hydrogen) atoms. The van der Waals surface area contributed by atoms with Gasteiger partial charge in [0.2, 0.25) is 0 Å². The molecule has 0 saturated heterocycles. The molecular weight excluding hydrogens is 320 g/mol. The van der Waals surface area contributed by atoms with Gasteiger partial charge >= 0.3 is 0 Å². The molecule has 0 aliphatic heterocycles. The molecule has 126 valence electrons. The number of phenols is 1. The van der Waals surface area contributed by atoms with Crippen molar-refractivity contribution in [1.29, 1.82) is 0 Å². The summed E-state index contributed by atoms with van der Waals surface area (Å²) in [6.45, 7) is 0.519. The Hall–Kier alpha value is -3.48. The average molecular weight is 336 g/mol. The van der Waals surface area contributed by atoms with E-state index in [0.717, 1.165) is 22.8 Å². The van der Waals surface area contributed by atoms with E-state index >= 15 is 0 Å². The highest BCUT2D eigenvalue weighted by Gasteiger charge is 2.16. The molecule has 0 amide bonds. The predicted molar refractivity (Wildman–Crippen MR) is 92.7 cm³/mol. The van der Waals surface area contributed by atoms with Crippen molar-refractivity contribution in [3.63, 3.8) is 0 Å². The predicted octanol–water partition coefficient (Wildman–Crippen LogP) is 3.32. The molecule has 0 fully saturated rings. The summed E-state index contributed by atoms with van der Waals surface area (Å²) in [6, 6.07) is 8.89. The van der Waals surface area contributed by atoms with E-state index in [1.807, 2.05) is 22.7 Å². The zero-order valence-corrected chi connectivity index (χ0v) is 13.5. The maximum absolute atomic E-state index is 9.83. The maximum atomic E-state index is 9.83. The summed E-state index contributed by atoms with van der Waals surface area (Å²) in [4.78, 5) is 8.78. The summed E-state index contributed by atoms with van der Waals surface area (Å²) in [5.41, 5.74) is 2.27. The number of imidazole rings is 1. The van der Waals surface area contributed by atoms with E-state index in [1.54, 1.807) is 36.9 Å². The third kappa shape index (κ3) is 2.76. The van der Waals surface area contributed by atoms with Crippen LogP contribution in [0.15, 0.2) is 59.6 Å². The van der Waals surface area contributed by atoms with Gasteiger partial charge in [-0.25, -0.2) is 4.98 Å². The van der Waals surface area contributed by atoms with Gasteiger partial charge in [0, 0.05) is 18.0 Å². The van der Waals surface area contributed by atoms with Crippen molar-refractivity contribution in [3.8, 4) is 22.8 Å². The van der Waals surface area contributed by atoms with Crippen molar-refractivity contribution in [1.82, 2.24) is 14.4 Å². The van der Waals surface area contributed by atoms with Gasteiger partial charge in [-0.3, -0.25) is 9.38 Å². The number of furan rings is 1. The molecule has 7 heteroatoms. The average Bonchev–Trinajstić information content (AvgIpc) is 3.28. The number of aromatic nitrogens is 3. The lowest BCUT2D eigenvalue weighted by molar-refractivity contribution is 0.373. The van der Waals surface area contributed by atoms with Gasteiger partial charge < -0.3 is 19.6 Å². The van der Waals surface area contributed by atoms with Gasteiger partial charge in [0.15, 0.2) is 17.1 Å². The molecular formula is C18H16N4O3. The second-order valence-corrected chi connectivity index (χ2v) is 5.43. The molecule has 1 aromatic carbocycles. The number of ether oxygens (including phenoxy) is 1. The van der Waals surface area contributed by atoms with E-state index in [1.165, 1.54) is 7.11 Å². The normalized spacial score (nSPS) is 10.9. The van der Waals surface area contributed by atoms with E-state index in [2.05, 4.69) is 15.3 Å².